The maximum Gasteiger partial charge on any atom is 0.253 e. The predicted molar refractivity (Wildman–Crippen MR) is 78.7 cm³/mol. The number of nitrogens with two attached hydrogens (primary N) is 1. The highest BCUT2D eigenvalue weighted by Gasteiger charge is 2.12. The molecular weight excluding hydrogens is 266 g/mol. The fraction of sp³-hybridized carbons (Fsp3) is 0.385. The van der Waals surface area contributed by atoms with E-state index in [0.29, 0.717) is 30.6 Å². The van der Waals surface area contributed by atoms with Crippen molar-refractivity contribution in [2.45, 2.75) is 19.8 Å². The SMILES string of the molecule is CNC(=O)c1cc(C)ccc1NC(=O)CCCN.Cl. The second-order valence-corrected chi connectivity index (χ2v) is 4.07. The molecule has 0 spiro atoms. The van der Waals surface area contributed by atoms with Crippen molar-refractivity contribution in [3.8, 4) is 0 Å². The van der Waals surface area contributed by atoms with Crippen LogP contribution in [-0.4, -0.2) is 25.4 Å². The molecule has 0 radical (unpaired) electrons. The van der Waals surface area contributed by atoms with Gasteiger partial charge in [0.05, 0.1) is 11.3 Å². The van der Waals surface area contributed by atoms with Crippen LogP contribution in [0.1, 0.15) is 28.8 Å². The summed E-state index contributed by atoms with van der Waals surface area (Å²) in [5.41, 5.74) is 7.31. The van der Waals surface area contributed by atoms with Crippen LogP contribution in [0.4, 0.5) is 5.69 Å². The Morgan fingerprint density at radius 3 is 2.58 bits per heavy atom. The molecule has 0 aliphatic carbocycles. The van der Waals surface area contributed by atoms with Crippen molar-refractivity contribution >= 4 is 29.9 Å². The molecule has 6 heteroatoms. The molecule has 19 heavy (non-hydrogen) atoms. The van der Waals surface area contributed by atoms with Crippen LogP contribution >= 0.6 is 12.4 Å². The monoisotopic (exact) mass is 285 g/mol. The van der Waals surface area contributed by atoms with Crippen LogP contribution in [0.25, 0.3) is 0 Å². The number of rotatable bonds is 5. The Bertz CT molecular complexity index is 450. The van der Waals surface area contributed by atoms with Gasteiger partial charge in [-0.1, -0.05) is 11.6 Å². The average Bonchev–Trinajstić information content (AvgIpc) is 2.37. The van der Waals surface area contributed by atoms with Gasteiger partial charge in [-0.3, -0.25) is 9.59 Å². The molecule has 1 aromatic carbocycles. The molecule has 0 aliphatic rings. The molecule has 0 saturated heterocycles. The lowest BCUT2D eigenvalue weighted by Crippen LogP contribution is -2.22. The number of halogens is 1. The van der Waals surface area contributed by atoms with E-state index in [0.717, 1.165) is 5.56 Å². The summed E-state index contributed by atoms with van der Waals surface area (Å²) in [6.07, 6.45) is 0.991. The molecule has 4 N–H and O–H groups in total. The minimum atomic E-state index is -0.215. The summed E-state index contributed by atoms with van der Waals surface area (Å²) in [6.45, 7) is 2.37. The summed E-state index contributed by atoms with van der Waals surface area (Å²) >= 11 is 0. The third kappa shape index (κ3) is 5.28. The third-order valence-corrected chi connectivity index (χ3v) is 2.53. The summed E-state index contributed by atoms with van der Waals surface area (Å²) in [6, 6.07) is 5.34. The highest BCUT2D eigenvalue weighted by molar-refractivity contribution is 6.03. The van der Waals surface area contributed by atoms with Gasteiger partial charge >= 0.3 is 0 Å². The molecular formula is C13H20ClN3O2. The first kappa shape index (κ1) is 17.4. The quantitative estimate of drug-likeness (QED) is 0.766. The molecule has 0 aromatic heterocycles. The minimum Gasteiger partial charge on any atom is -0.355 e. The van der Waals surface area contributed by atoms with Gasteiger partial charge in [0.2, 0.25) is 5.91 Å². The van der Waals surface area contributed by atoms with Crippen LogP contribution in [0.2, 0.25) is 0 Å². The van der Waals surface area contributed by atoms with Gasteiger partial charge in [-0.2, -0.15) is 0 Å². The number of hydrogen-bond acceptors (Lipinski definition) is 3. The summed E-state index contributed by atoms with van der Waals surface area (Å²) in [4.78, 5) is 23.3. The lowest BCUT2D eigenvalue weighted by Gasteiger charge is -2.11. The maximum atomic E-state index is 11.7. The highest BCUT2D eigenvalue weighted by atomic mass is 35.5. The van der Waals surface area contributed by atoms with E-state index in [9.17, 15) is 9.59 Å². The molecule has 0 bridgehead atoms. The summed E-state index contributed by atoms with van der Waals surface area (Å²) < 4.78 is 0. The number of carbonyl (C=O) groups is 2. The van der Waals surface area contributed by atoms with Crippen LogP contribution in [-0.2, 0) is 4.79 Å². The fourth-order valence-electron chi connectivity index (χ4n) is 1.56. The van der Waals surface area contributed by atoms with Gasteiger partial charge in [0.15, 0.2) is 0 Å². The van der Waals surface area contributed by atoms with E-state index in [1.165, 1.54) is 0 Å². The predicted octanol–water partition coefficient (Wildman–Crippen LogP) is 1.45. The van der Waals surface area contributed by atoms with Gasteiger partial charge in [-0.05, 0) is 32.0 Å². The second-order valence-electron chi connectivity index (χ2n) is 4.07. The molecule has 1 aromatic rings. The van der Waals surface area contributed by atoms with E-state index in [2.05, 4.69) is 10.6 Å². The lowest BCUT2D eigenvalue weighted by atomic mass is 10.1. The van der Waals surface area contributed by atoms with Gasteiger partial charge in [0.1, 0.15) is 0 Å². The number of aryl methyl sites for hydroxylation is 1. The first-order chi connectivity index (χ1) is 8.58. The Labute approximate surface area is 119 Å². The summed E-state index contributed by atoms with van der Waals surface area (Å²) in [5.74, 6) is -0.345. The second kappa shape index (κ2) is 8.50. The Morgan fingerprint density at radius 1 is 1.32 bits per heavy atom. The van der Waals surface area contributed by atoms with Crippen molar-refractivity contribution in [3.05, 3.63) is 29.3 Å². The van der Waals surface area contributed by atoms with Crippen molar-refractivity contribution in [2.75, 3.05) is 18.9 Å². The fourth-order valence-corrected chi connectivity index (χ4v) is 1.56. The van der Waals surface area contributed by atoms with Crippen molar-refractivity contribution in [1.82, 2.24) is 5.32 Å². The molecule has 2 amide bonds. The molecule has 5 nitrogen and oxygen atoms in total. The van der Waals surface area contributed by atoms with Crippen molar-refractivity contribution < 1.29 is 9.59 Å². The minimum absolute atomic E-state index is 0. The number of benzene rings is 1. The molecule has 0 heterocycles. The Morgan fingerprint density at radius 2 is 2.00 bits per heavy atom. The van der Waals surface area contributed by atoms with E-state index in [-0.39, 0.29) is 24.2 Å². The van der Waals surface area contributed by atoms with E-state index < -0.39 is 0 Å². The van der Waals surface area contributed by atoms with Gasteiger partial charge in [0, 0.05) is 13.5 Å². The molecule has 106 valence electrons. The smallest absolute Gasteiger partial charge is 0.253 e. The number of nitrogens with one attached hydrogen (secondary N) is 2. The van der Waals surface area contributed by atoms with Gasteiger partial charge in [-0.15, -0.1) is 12.4 Å². The lowest BCUT2D eigenvalue weighted by molar-refractivity contribution is -0.116. The zero-order chi connectivity index (χ0) is 13.5. The van der Waals surface area contributed by atoms with Gasteiger partial charge < -0.3 is 16.4 Å². The Balaban J connectivity index is 0.00000324. The van der Waals surface area contributed by atoms with Gasteiger partial charge in [0.25, 0.3) is 5.91 Å². The summed E-state index contributed by atoms with van der Waals surface area (Å²) in [5, 5.41) is 5.29. The normalized spacial score (nSPS) is 9.42. The molecule has 0 unspecified atom stereocenters. The molecule has 1 rings (SSSR count). The maximum absolute atomic E-state index is 11.7. The van der Waals surface area contributed by atoms with E-state index >= 15 is 0 Å². The number of amides is 2. The van der Waals surface area contributed by atoms with E-state index in [1.54, 1.807) is 19.2 Å². The van der Waals surface area contributed by atoms with Crippen LogP contribution in [0.3, 0.4) is 0 Å². The molecule has 0 atom stereocenters. The standard InChI is InChI=1S/C13H19N3O2.ClH/c1-9-5-6-11(10(8-9)13(18)15-2)16-12(17)4-3-7-14;/h5-6,8H,3-4,7,14H2,1-2H3,(H,15,18)(H,16,17);1H. The van der Waals surface area contributed by atoms with E-state index in [4.69, 9.17) is 5.73 Å². The molecule has 0 aliphatic heterocycles. The highest BCUT2D eigenvalue weighted by Crippen LogP contribution is 2.17. The van der Waals surface area contributed by atoms with Crippen LogP contribution in [0, 0.1) is 6.92 Å². The zero-order valence-corrected chi connectivity index (χ0v) is 12.0. The van der Waals surface area contributed by atoms with Crippen LogP contribution in [0.15, 0.2) is 18.2 Å². The Kier molecular flexibility index (Phi) is 7.79. The largest absolute Gasteiger partial charge is 0.355 e. The third-order valence-electron chi connectivity index (χ3n) is 2.53. The molecule has 0 fully saturated rings. The first-order valence-electron chi connectivity index (χ1n) is 5.91. The van der Waals surface area contributed by atoms with Crippen molar-refractivity contribution in [1.29, 1.82) is 0 Å². The van der Waals surface area contributed by atoms with Crippen molar-refractivity contribution in [2.24, 2.45) is 5.73 Å². The number of carbonyl (C=O) groups excluding carboxylic acids is 2. The zero-order valence-electron chi connectivity index (χ0n) is 11.2. The molecule has 0 saturated carbocycles. The van der Waals surface area contributed by atoms with Crippen LogP contribution < -0.4 is 16.4 Å². The number of anilines is 1. The van der Waals surface area contributed by atoms with Crippen molar-refractivity contribution in [3.63, 3.8) is 0 Å². The average molecular weight is 286 g/mol. The first-order valence-corrected chi connectivity index (χ1v) is 5.91. The summed E-state index contributed by atoms with van der Waals surface area (Å²) in [7, 11) is 1.56. The van der Waals surface area contributed by atoms with Gasteiger partial charge in [-0.25, -0.2) is 0 Å². The Hall–Kier alpha value is -1.59. The number of hydrogen-bond donors (Lipinski definition) is 3. The van der Waals surface area contributed by atoms with E-state index in [1.807, 2.05) is 13.0 Å². The topological polar surface area (TPSA) is 84.2 Å². The van der Waals surface area contributed by atoms with Crippen LogP contribution in [0.5, 0.6) is 0 Å².